The summed E-state index contributed by atoms with van der Waals surface area (Å²) in [6, 6.07) is 10.8. The van der Waals surface area contributed by atoms with Gasteiger partial charge in [0, 0.05) is 23.5 Å². The summed E-state index contributed by atoms with van der Waals surface area (Å²) in [5.74, 6) is -1.11. The molecule has 1 atom stereocenters. The molecule has 1 unspecified atom stereocenters. The van der Waals surface area contributed by atoms with Crippen LogP contribution in [0.3, 0.4) is 0 Å². The maximum atomic E-state index is 13.6. The molecule has 6 heteroatoms. The van der Waals surface area contributed by atoms with Crippen molar-refractivity contribution in [1.29, 1.82) is 0 Å². The van der Waals surface area contributed by atoms with Gasteiger partial charge in [0.05, 0.1) is 0 Å². The second kappa shape index (κ2) is 7.25. The summed E-state index contributed by atoms with van der Waals surface area (Å²) < 4.78 is 32.1. The fraction of sp³-hybridized carbons (Fsp3) is 0.158. The topological polar surface area (TPSA) is 32.7 Å². The normalized spacial score (nSPS) is 17.2. The van der Waals surface area contributed by atoms with E-state index in [1.54, 1.807) is 17.2 Å². The summed E-state index contributed by atoms with van der Waals surface area (Å²) in [5, 5.41) is 10.5. The third-order valence-corrected chi connectivity index (χ3v) is 4.22. The predicted octanol–water partition coefficient (Wildman–Crippen LogP) is 4.59. The van der Waals surface area contributed by atoms with Crippen LogP contribution in [0.25, 0.3) is 0 Å². The van der Waals surface area contributed by atoms with Crippen molar-refractivity contribution in [3.05, 3.63) is 88.3 Å². The molecule has 0 aliphatic carbocycles. The Morgan fingerprint density at radius 2 is 1.88 bits per heavy atom. The van der Waals surface area contributed by atoms with E-state index in [9.17, 15) is 13.9 Å². The summed E-state index contributed by atoms with van der Waals surface area (Å²) in [6.07, 6.45) is 2.12. The molecule has 0 saturated heterocycles. The highest BCUT2D eigenvalue weighted by atomic mass is 35.5. The molecule has 0 spiro atoms. The van der Waals surface area contributed by atoms with Crippen LogP contribution in [0, 0.1) is 18.6 Å². The van der Waals surface area contributed by atoms with Crippen LogP contribution < -0.4 is 4.90 Å². The lowest BCUT2D eigenvalue weighted by molar-refractivity contribution is 0.177. The fourth-order valence-corrected chi connectivity index (χ4v) is 2.64. The molecule has 2 aromatic rings. The van der Waals surface area contributed by atoms with Gasteiger partial charge < -0.3 is 14.7 Å². The number of aryl methyl sites for hydroxylation is 1. The van der Waals surface area contributed by atoms with Gasteiger partial charge in [-0.2, -0.15) is 0 Å². The van der Waals surface area contributed by atoms with E-state index >= 15 is 0 Å². The number of nitrogens with zero attached hydrogens (tertiary/aromatic N) is 1. The maximum absolute atomic E-state index is 13.6. The molecule has 0 amide bonds. The van der Waals surface area contributed by atoms with E-state index in [0.29, 0.717) is 0 Å². The van der Waals surface area contributed by atoms with Crippen molar-refractivity contribution in [2.75, 3.05) is 4.90 Å². The highest BCUT2D eigenvalue weighted by molar-refractivity contribution is 6.30. The highest BCUT2D eigenvalue weighted by Crippen LogP contribution is 2.30. The lowest BCUT2D eigenvalue weighted by Gasteiger charge is -2.30. The lowest BCUT2D eigenvalue weighted by atomic mass is 10.2. The third kappa shape index (κ3) is 3.83. The smallest absolute Gasteiger partial charge is 0.171 e. The number of aliphatic hydroxyl groups is 1. The number of allylic oxidation sites excluding steroid dienone is 1. The first kappa shape index (κ1) is 17.5. The maximum Gasteiger partial charge on any atom is 0.171 e. The highest BCUT2D eigenvalue weighted by Gasteiger charge is 2.25. The first-order chi connectivity index (χ1) is 12.0. The predicted molar refractivity (Wildman–Crippen MR) is 92.8 cm³/mol. The molecule has 1 aliphatic rings. The molecule has 1 aliphatic heterocycles. The second-order valence-electron chi connectivity index (χ2n) is 5.67. The molecule has 1 N–H and O–H groups in total. The summed E-state index contributed by atoms with van der Waals surface area (Å²) in [4.78, 5) is 1.59. The number of ether oxygens (including phenoxy) is 1. The van der Waals surface area contributed by atoms with Gasteiger partial charge >= 0.3 is 0 Å². The lowest BCUT2D eigenvalue weighted by Crippen LogP contribution is -2.33. The van der Waals surface area contributed by atoms with E-state index < -0.39 is 17.9 Å². The van der Waals surface area contributed by atoms with E-state index in [-0.39, 0.29) is 23.0 Å². The number of hydrogen-bond donors (Lipinski definition) is 1. The van der Waals surface area contributed by atoms with Gasteiger partial charge in [0.1, 0.15) is 29.0 Å². The van der Waals surface area contributed by atoms with Crippen LogP contribution in [0.15, 0.2) is 65.5 Å². The quantitative estimate of drug-likeness (QED) is 0.862. The van der Waals surface area contributed by atoms with Gasteiger partial charge in [-0.3, -0.25) is 0 Å². The summed E-state index contributed by atoms with van der Waals surface area (Å²) >= 11 is 6.20. The summed E-state index contributed by atoms with van der Waals surface area (Å²) in [5.41, 5.74) is 2.07. The Morgan fingerprint density at radius 1 is 1.16 bits per heavy atom. The Balaban J connectivity index is 1.73. The third-order valence-electron chi connectivity index (χ3n) is 3.84. The van der Waals surface area contributed by atoms with E-state index in [4.69, 9.17) is 16.3 Å². The zero-order valence-corrected chi connectivity index (χ0v) is 14.2. The van der Waals surface area contributed by atoms with Crippen molar-refractivity contribution in [2.45, 2.75) is 19.8 Å². The number of rotatable bonds is 4. The van der Waals surface area contributed by atoms with Crippen LogP contribution in [0.5, 0.6) is 0 Å². The molecule has 0 saturated carbocycles. The number of aliphatic hydroxyl groups excluding tert-OH is 1. The monoisotopic (exact) mass is 363 g/mol. The van der Waals surface area contributed by atoms with Gasteiger partial charge in [-0.05, 0) is 37.3 Å². The molecule has 0 fully saturated rings. The van der Waals surface area contributed by atoms with Crippen LogP contribution in [-0.2, 0) is 11.3 Å². The SMILES string of the molecule is Cc1ccc(N2C=CC(OCc3ccc(F)cc3F)=C(Cl)C2O)cc1. The van der Waals surface area contributed by atoms with Crippen molar-refractivity contribution < 1.29 is 18.6 Å². The average Bonchev–Trinajstić information content (AvgIpc) is 2.59. The van der Waals surface area contributed by atoms with Crippen LogP contribution in [-0.4, -0.2) is 11.3 Å². The van der Waals surface area contributed by atoms with Crippen LogP contribution in [0.4, 0.5) is 14.5 Å². The first-order valence-corrected chi connectivity index (χ1v) is 8.01. The Hall–Kier alpha value is -2.37. The molecular weight excluding hydrogens is 348 g/mol. The summed E-state index contributed by atoms with van der Waals surface area (Å²) in [7, 11) is 0. The Bertz CT molecular complexity index is 834. The Morgan fingerprint density at radius 3 is 2.56 bits per heavy atom. The van der Waals surface area contributed by atoms with Gasteiger partial charge in [-0.25, -0.2) is 8.78 Å². The van der Waals surface area contributed by atoms with Crippen molar-refractivity contribution in [1.82, 2.24) is 0 Å². The largest absolute Gasteiger partial charge is 0.487 e. The molecule has 1 heterocycles. The van der Waals surface area contributed by atoms with Crippen LogP contribution in [0.2, 0.25) is 0 Å². The van der Waals surface area contributed by atoms with E-state index in [1.165, 1.54) is 6.07 Å². The van der Waals surface area contributed by atoms with Crippen LogP contribution in [0.1, 0.15) is 11.1 Å². The van der Waals surface area contributed by atoms with Gasteiger partial charge in [-0.1, -0.05) is 29.3 Å². The zero-order valence-electron chi connectivity index (χ0n) is 13.4. The van der Waals surface area contributed by atoms with Gasteiger partial charge in [0.2, 0.25) is 0 Å². The van der Waals surface area contributed by atoms with Crippen molar-refractivity contribution in [2.24, 2.45) is 0 Å². The van der Waals surface area contributed by atoms with Gasteiger partial charge in [0.25, 0.3) is 0 Å². The van der Waals surface area contributed by atoms with Crippen molar-refractivity contribution in [3.63, 3.8) is 0 Å². The molecule has 3 nitrogen and oxygen atoms in total. The average molecular weight is 364 g/mol. The van der Waals surface area contributed by atoms with E-state index in [1.807, 2.05) is 31.2 Å². The van der Waals surface area contributed by atoms with Crippen LogP contribution >= 0.6 is 11.6 Å². The second-order valence-corrected chi connectivity index (χ2v) is 6.08. The molecule has 0 radical (unpaired) electrons. The summed E-state index contributed by atoms with van der Waals surface area (Å²) in [6.45, 7) is 1.85. The first-order valence-electron chi connectivity index (χ1n) is 7.63. The van der Waals surface area contributed by atoms with Crippen molar-refractivity contribution in [3.8, 4) is 0 Å². The Labute approximate surface area is 149 Å². The Kier molecular flexibility index (Phi) is 5.06. The molecule has 25 heavy (non-hydrogen) atoms. The fourth-order valence-electron chi connectivity index (χ4n) is 2.41. The van der Waals surface area contributed by atoms with E-state index in [0.717, 1.165) is 23.4 Å². The minimum absolute atomic E-state index is 0.0885. The zero-order chi connectivity index (χ0) is 18.0. The van der Waals surface area contributed by atoms with Gasteiger partial charge in [-0.15, -0.1) is 0 Å². The number of halogens is 3. The number of benzene rings is 2. The standard InChI is InChI=1S/C19H16ClF2NO2/c1-12-2-6-15(7-3-12)23-9-8-17(18(20)19(23)24)25-11-13-4-5-14(21)10-16(13)22/h2-10,19,24H,11H2,1H3. The molecular formula is C19H16ClF2NO2. The van der Waals surface area contributed by atoms with Crippen molar-refractivity contribution >= 4 is 17.3 Å². The molecule has 0 bridgehead atoms. The molecule has 3 rings (SSSR count). The number of hydrogen-bond acceptors (Lipinski definition) is 3. The minimum Gasteiger partial charge on any atom is -0.487 e. The van der Waals surface area contributed by atoms with E-state index in [2.05, 4.69) is 0 Å². The minimum atomic E-state index is -1.11. The molecule has 2 aromatic carbocycles. The number of anilines is 1. The molecule has 0 aromatic heterocycles. The van der Waals surface area contributed by atoms with Gasteiger partial charge in [0.15, 0.2) is 6.23 Å². The molecule has 130 valence electrons.